The van der Waals surface area contributed by atoms with Gasteiger partial charge in [0.1, 0.15) is 11.5 Å². The molecule has 6 nitrogen and oxygen atoms in total. The molecular formula is C18H19NO5. The fourth-order valence-corrected chi connectivity index (χ4v) is 2.54. The quantitative estimate of drug-likeness (QED) is 0.844. The summed E-state index contributed by atoms with van der Waals surface area (Å²) < 4.78 is 21.1. The van der Waals surface area contributed by atoms with Gasteiger partial charge in [-0.2, -0.15) is 0 Å². The molecule has 3 rings (SSSR count). The first kappa shape index (κ1) is 16.0. The summed E-state index contributed by atoms with van der Waals surface area (Å²) in [5.74, 6) is 2.47. The third-order valence-electron chi connectivity index (χ3n) is 3.80. The predicted molar refractivity (Wildman–Crippen MR) is 87.9 cm³/mol. The summed E-state index contributed by atoms with van der Waals surface area (Å²) in [6.45, 7) is 0.687. The molecule has 0 N–H and O–H groups in total. The Hall–Kier alpha value is -2.89. The van der Waals surface area contributed by atoms with E-state index in [-0.39, 0.29) is 12.7 Å². The first-order chi connectivity index (χ1) is 11.6. The number of ether oxygens (including phenoxy) is 4. The molecule has 2 aromatic rings. The Balaban J connectivity index is 1.77. The van der Waals surface area contributed by atoms with Crippen molar-refractivity contribution in [2.24, 2.45) is 0 Å². The van der Waals surface area contributed by atoms with Crippen molar-refractivity contribution in [2.75, 3.05) is 28.1 Å². The molecule has 0 aliphatic carbocycles. The number of fused-ring (bicyclic) bond motifs is 1. The lowest BCUT2D eigenvalue weighted by molar-refractivity contribution is 0.0784. The van der Waals surface area contributed by atoms with Crippen LogP contribution in [0.4, 0.5) is 0 Å². The zero-order valence-electron chi connectivity index (χ0n) is 13.9. The van der Waals surface area contributed by atoms with E-state index in [2.05, 4.69) is 0 Å². The fourth-order valence-electron chi connectivity index (χ4n) is 2.54. The van der Waals surface area contributed by atoms with E-state index in [1.54, 1.807) is 44.4 Å². The van der Waals surface area contributed by atoms with E-state index in [9.17, 15) is 4.79 Å². The average Bonchev–Trinajstić information content (AvgIpc) is 3.08. The molecule has 0 atom stereocenters. The number of benzene rings is 2. The van der Waals surface area contributed by atoms with Gasteiger partial charge >= 0.3 is 0 Å². The zero-order valence-corrected chi connectivity index (χ0v) is 13.9. The van der Waals surface area contributed by atoms with Crippen LogP contribution in [0.25, 0.3) is 0 Å². The lowest BCUT2D eigenvalue weighted by Gasteiger charge is -2.18. The number of rotatable bonds is 5. The van der Waals surface area contributed by atoms with Gasteiger partial charge in [0.15, 0.2) is 11.5 Å². The normalized spacial score (nSPS) is 12.0. The number of amides is 1. The Morgan fingerprint density at radius 1 is 1.04 bits per heavy atom. The zero-order chi connectivity index (χ0) is 17.1. The van der Waals surface area contributed by atoms with Gasteiger partial charge in [-0.15, -0.1) is 0 Å². The second-order valence-electron chi connectivity index (χ2n) is 5.45. The predicted octanol–water partition coefficient (Wildman–Crippen LogP) is 2.70. The van der Waals surface area contributed by atoms with E-state index in [1.165, 1.54) is 0 Å². The molecule has 0 spiro atoms. The molecule has 0 radical (unpaired) electrons. The summed E-state index contributed by atoms with van der Waals surface area (Å²) in [7, 11) is 4.86. The van der Waals surface area contributed by atoms with Crippen molar-refractivity contribution in [3.8, 4) is 23.0 Å². The Morgan fingerprint density at radius 3 is 2.38 bits per heavy atom. The SMILES string of the molecule is COc1cc(OC)cc(C(=O)N(C)Cc2ccc3c(c2)OCO3)c1. The third kappa shape index (κ3) is 3.22. The van der Waals surface area contributed by atoms with Crippen molar-refractivity contribution in [3.05, 3.63) is 47.5 Å². The average molecular weight is 329 g/mol. The molecule has 2 aromatic carbocycles. The highest BCUT2D eigenvalue weighted by Gasteiger charge is 2.17. The fraction of sp³-hybridized carbons (Fsp3) is 0.278. The highest BCUT2D eigenvalue weighted by molar-refractivity contribution is 5.95. The summed E-state index contributed by atoms with van der Waals surface area (Å²) in [6.07, 6.45) is 0. The second-order valence-corrected chi connectivity index (χ2v) is 5.45. The Kier molecular flexibility index (Phi) is 4.46. The van der Waals surface area contributed by atoms with Crippen LogP contribution in [0.1, 0.15) is 15.9 Å². The van der Waals surface area contributed by atoms with E-state index in [4.69, 9.17) is 18.9 Å². The number of hydrogen-bond acceptors (Lipinski definition) is 5. The third-order valence-corrected chi connectivity index (χ3v) is 3.80. The van der Waals surface area contributed by atoms with Crippen LogP contribution in [0.3, 0.4) is 0 Å². The van der Waals surface area contributed by atoms with Crippen molar-refractivity contribution < 1.29 is 23.7 Å². The maximum absolute atomic E-state index is 12.7. The van der Waals surface area contributed by atoms with Crippen LogP contribution in [0.2, 0.25) is 0 Å². The number of methoxy groups -OCH3 is 2. The molecule has 24 heavy (non-hydrogen) atoms. The molecule has 1 aliphatic heterocycles. The Labute approximate surface area is 140 Å². The van der Waals surface area contributed by atoms with Crippen molar-refractivity contribution in [3.63, 3.8) is 0 Å². The van der Waals surface area contributed by atoms with Crippen LogP contribution in [0, 0.1) is 0 Å². The topological polar surface area (TPSA) is 57.2 Å². The summed E-state index contributed by atoms with van der Waals surface area (Å²) in [6, 6.07) is 10.8. The first-order valence-corrected chi connectivity index (χ1v) is 7.48. The van der Waals surface area contributed by atoms with Crippen molar-refractivity contribution in [1.82, 2.24) is 4.90 Å². The van der Waals surface area contributed by atoms with Gasteiger partial charge in [0, 0.05) is 25.2 Å². The van der Waals surface area contributed by atoms with Gasteiger partial charge in [0.2, 0.25) is 6.79 Å². The van der Waals surface area contributed by atoms with Crippen LogP contribution in [0.15, 0.2) is 36.4 Å². The van der Waals surface area contributed by atoms with Crippen molar-refractivity contribution >= 4 is 5.91 Å². The Bertz CT molecular complexity index is 737. The minimum atomic E-state index is -0.120. The summed E-state index contributed by atoms with van der Waals surface area (Å²) in [4.78, 5) is 14.3. The lowest BCUT2D eigenvalue weighted by atomic mass is 10.1. The largest absolute Gasteiger partial charge is 0.497 e. The number of hydrogen-bond donors (Lipinski definition) is 0. The smallest absolute Gasteiger partial charge is 0.254 e. The minimum absolute atomic E-state index is 0.120. The van der Waals surface area contributed by atoms with Crippen molar-refractivity contribution in [1.29, 1.82) is 0 Å². The molecule has 0 fully saturated rings. The molecule has 1 aliphatic rings. The van der Waals surface area contributed by atoms with E-state index >= 15 is 0 Å². The molecule has 0 bridgehead atoms. The molecule has 6 heteroatoms. The van der Waals surface area contributed by atoms with Gasteiger partial charge < -0.3 is 23.8 Å². The number of carbonyl (C=O) groups excluding carboxylic acids is 1. The molecular weight excluding hydrogens is 310 g/mol. The van der Waals surface area contributed by atoms with Gasteiger partial charge in [0.05, 0.1) is 14.2 Å². The van der Waals surface area contributed by atoms with E-state index in [1.807, 2.05) is 18.2 Å². The van der Waals surface area contributed by atoms with E-state index in [0.717, 1.165) is 11.3 Å². The molecule has 0 saturated carbocycles. The highest BCUT2D eigenvalue weighted by Crippen LogP contribution is 2.33. The highest BCUT2D eigenvalue weighted by atomic mass is 16.7. The van der Waals surface area contributed by atoms with E-state index in [0.29, 0.717) is 29.4 Å². The van der Waals surface area contributed by atoms with Crippen molar-refractivity contribution in [2.45, 2.75) is 6.54 Å². The maximum atomic E-state index is 12.7. The van der Waals surface area contributed by atoms with Crippen LogP contribution in [-0.2, 0) is 6.54 Å². The van der Waals surface area contributed by atoms with Crippen LogP contribution in [0.5, 0.6) is 23.0 Å². The monoisotopic (exact) mass is 329 g/mol. The molecule has 0 saturated heterocycles. The molecule has 126 valence electrons. The van der Waals surface area contributed by atoms with Gasteiger partial charge in [-0.1, -0.05) is 6.07 Å². The summed E-state index contributed by atoms with van der Waals surface area (Å²) in [5.41, 5.74) is 1.47. The molecule has 0 aromatic heterocycles. The summed E-state index contributed by atoms with van der Waals surface area (Å²) >= 11 is 0. The van der Waals surface area contributed by atoms with Gasteiger partial charge in [-0.25, -0.2) is 0 Å². The van der Waals surface area contributed by atoms with E-state index < -0.39 is 0 Å². The van der Waals surface area contributed by atoms with Gasteiger partial charge in [0.25, 0.3) is 5.91 Å². The number of carbonyl (C=O) groups is 1. The molecule has 1 amide bonds. The number of nitrogens with zero attached hydrogens (tertiary/aromatic N) is 1. The van der Waals surface area contributed by atoms with Gasteiger partial charge in [-0.3, -0.25) is 4.79 Å². The lowest BCUT2D eigenvalue weighted by Crippen LogP contribution is -2.26. The van der Waals surface area contributed by atoms with Gasteiger partial charge in [-0.05, 0) is 29.8 Å². The molecule has 0 unspecified atom stereocenters. The van der Waals surface area contributed by atoms with Crippen LogP contribution >= 0.6 is 0 Å². The molecule has 1 heterocycles. The maximum Gasteiger partial charge on any atom is 0.254 e. The summed E-state index contributed by atoms with van der Waals surface area (Å²) in [5, 5.41) is 0. The van der Waals surface area contributed by atoms with Crippen LogP contribution in [-0.4, -0.2) is 38.9 Å². The minimum Gasteiger partial charge on any atom is -0.497 e. The second kappa shape index (κ2) is 6.70. The first-order valence-electron chi connectivity index (χ1n) is 7.48. The Morgan fingerprint density at radius 2 is 1.71 bits per heavy atom. The standard InChI is InChI=1S/C18H19NO5/c1-19(10-12-4-5-16-17(6-12)24-11-23-16)18(20)13-7-14(21-2)9-15(8-13)22-3/h4-9H,10-11H2,1-3H3. The van der Waals surface area contributed by atoms with Crippen LogP contribution < -0.4 is 18.9 Å².